The normalized spacial score (nSPS) is 17.4. The van der Waals surface area contributed by atoms with Gasteiger partial charge in [0.1, 0.15) is 17.4 Å². The monoisotopic (exact) mass is 431 g/mol. The minimum Gasteiger partial charge on any atom is -0.496 e. The van der Waals surface area contributed by atoms with Gasteiger partial charge in [-0.15, -0.1) is 0 Å². The molecule has 0 spiro atoms. The van der Waals surface area contributed by atoms with Crippen LogP contribution in [0.25, 0.3) is 6.08 Å². The number of nitrogens with zero attached hydrogens (tertiary/aromatic N) is 2. The van der Waals surface area contributed by atoms with E-state index in [1.165, 1.54) is 5.56 Å². The van der Waals surface area contributed by atoms with E-state index in [9.17, 15) is 10.1 Å². The summed E-state index contributed by atoms with van der Waals surface area (Å²) in [7, 11) is 1.62. The minimum atomic E-state index is -0.426. The molecule has 5 nitrogen and oxygen atoms in total. The molecule has 32 heavy (non-hydrogen) atoms. The summed E-state index contributed by atoms with van der Waals surface area (Å²) in [4.78, 5) is 15.3. The third kappa shape index (κ3) is 4.36. The van der Waals surface area contributed by atoms with E-state index in [1.54, 1.807) is 13.2 Å². The highest BCUT2D eigenvalue weighted by Crippen LogP contribution is 2.46. The summed E-state index contributed by atoms with van der Waals surface area (Å²) in [6.45, 7) is 13.8. The summed E-state index contributed by atoms with van der Waals surface area (Å²) in [5.41, 5.74) is 5.98. The number of hydrogen-bond donors (Lipinski definition) is 1. The van der Waals surface area contributed by atoms with Crippen molar-refractivity contribution in [2.45, 2.75) is 59.4 Å². The lowest BCUT2D eigenvalue weighted by Gasteiger charge is -2.47. The first-order chi connectivity index (χ1) is 15.1. The summed E-state index contributed by atoms with van der Waals surface area (Å²) in [6.07, 6.45) is 2.66. The molecule has 0 aliphatic carbocycles. The number of rotatable bonds is 5. The van der Waals surface area contributed by atoms with Crippen molar-refractivity contribution in [2.24, 2.45) is 0 Å². The summed E-state index contributed by atoms with van der Waals surface area (Å²) in [5.74, 6) is 0.583. The predicted octanol–water partition coefficient (Wildman–Crippen LogP) is 5.97. The zero-order chi connectivity index (χ0) is 23.6. The number of carbonyl (C=O) groups is 1. The molecule has 0 radical (unpaired) electrons. The first-order valence-electron chi connectivity index (χ1n) is 11.1. The second kappa shape index (κ2) is 9.08. The average molecular weight is 432 g/mol. The lowest BCUT2D eigenvalue weighted by molar-refractivity contribution is -0.112. The largest absolute Gasteiger partial charge is 0.496 e. The number of aryl methyl sites for hydroxylation is 1. The van der Waals surface area contributed by atoms with Crippen molar-refractivity contribution < 1.29 is 9.53 Å². The molecule has 1 aliphatic rings. The molecular formula is C27H33N3O2. The number of fused-ring (bicyclic) bond motifs is 1. The van der Waals surface area contributed by atoms with E-state index < -0.39 is 5.91 Å². The number of hydrogen-bond acceptors (Lipinski definition) is 4. The number of carbonyl (C=O) groups excluding carboxylic acids is 1. The number of methoxy groups -OCH3 is 1. The number of nitriles is 1. The van der Waals surface area contributed by atoms with Gasteiger partial charge in [0, 0.05) is 35.1 Å². The Morgan fingerprint density at radius 3 is 2.69 bits per heavy atom. The predicted molar refractivity (Wildman–Crippen MR) is 131 cm³/mol. The molecule has 0 aromatic heterocycles. The Morgan fingerprint density at radius 2 is 2.06 bits per heavy atom. The molecule has 0 saturated heterocycles. The van der Waals surface area contributed by atoms with Crippen molar-refractivity contribution in [2.75, 3.05) is 23.9 Å². The van der Waals surface area contributed by atoms with Crippen molar-refractivity contribution in [1.29, 1.82) is 5.26 Å². The van der Waals surface area contributed by atoms with Gasteiger partial charge < -0.3 is 15.0 Å². The molecule has 0 bridgehead atoms. The quantitative estimate of drug-likeness (QED) is 0.468. The van der Waals surface area contributed by atoms with Gasteiger partial charge in [0.15, 0.2) is 0 Å². The van der Waals surface area contributed by atoms with Crippen molar-refractivity contribution in [3.05, 3.63) is 58.2 Å². The molecule has 3 rings (SSSR count). The number of anilines is 2. The Morgan fingerprint density at radius 1 is 1.34 bits per heavy atom. The Labute approximate surface area is 191 Å². The topological polar surface area (TPSA) is 65.4 Å². The lowest BCUT2D eigenvalue weighted by Crippen LogP contribution is -2.48. The Balaban J connectivity index is 2.03. The highest BCUT2D eigenvalue weighted by atomic mass is 16.5. The van der Waals surface area contributed by atoms with Gasteiger partial charge in [-0.25, -0.2) is 0 Å². The van der Waals surface area contributed by atoms with Crippen LogP contribution in [0.3, 0.4) is 0 Å². The molecule has 2 aromatic carbocycles. The molecule has 1 N–H and O–H groups in total. The first-order valence-corrected chi connectivity index (χ1v) is 11.1. The van der Waals surface area contributed by atoms with Crippen LogP contribution in [0.2, 0.25) is 0 Å². The van der Waals surface area contributed by atoms with Crippen molar-refractivity contribution >= 4 is 23.4 Å². The van der Waals surface area contributed by atoms with Gasteiger partial charge in [0.05, 0.1) is 7.11 Å². The molecule has 5 heteroatoms. The highest BCUT2D eigenvalue weighted by molar-refractivity contribution is 6.10. The summed E-state index contributed by atoms with van der Waals surface area (Å²) in [6, 6.07) is 11.9. The van der Waals surface area contributed by atoms with E-state index in [0.717, 1.165) is 35.3 Å². The van der Waals surface area contributed by atoms with Crippen LogP contribution in [0.15, 0.2) is 35.9 Å². The Bertz CT molecular complexity index is 1110. The Hall–Kier alpha value is -3.26. The summed E-state index contributed by atoms with van der Waals surface area (Å²) < 4.78 is 5.67. The maximum Gasteiger partial charge on any atom is 0.266 e. The molecule has 1 atom stereocenters. The van der Waals surface area contributed by atoms with E-state index in [4.69, 9.17) is 4.74 Å². The number of amides is 1. The van der Waals surface area contributed by atoms with E-state index in [-0.39, 0.29) is 11.1 Å². The fourth-order valence-electron chi connectivity index (χ4n) is 4.80. The van der Waals surface area contributed by atoms with Crippen LogP contribution in [-0.2, 0) is 4.79 Å². The number of nitrogens with one attached hydrogen (secondary N) is 1. The van der Waals surface area contributed by atoms with Crippen LogP contribution in [0, 0.1) is 25.2 Å². The van der Waals surface area contributed by atoms with E-state index in [2.05, 4.69) is 50.0 Å². The molecule has 1 heterocycles. The zero-order valence-corrected chi connectivity index (χ0v) is 20.2. The van der Waals surface area contributed by atoms with Gasteiger partial charge in [-0.2, -0.15) is 5.26 Å². The van der Waals surface area contributed by atoms with Crippen molar-refractivity contribution in [3.8, 4) is 11.8 Å². The van der Waals surface area contributed by atoms with Crippen LogP contribution in [0.5, 0.6) is 5.75 Å². The molecule has 1 amide bonds. The van der Waals surface area contributed by atoms with Crippen molar-refractivity contribution in [1.82, 2.24) is 0 Å². The van der Waals surface area contributed by atoms with Gasteiger partial charge in [-0.05, 0) is 81.9 Å². The third-order valence-corrected chi connectivity index (χ3v) is 6.57. The second-order valence-corrected chi connectivity index (χ2v) is 9.19. The summed E-state index contributed by atoms with van der Waals surface area (Å²) >= 11 is 0. The van der Waals surface area contributed by atoms with Gasteiger partial charge in [-0.1, -0.05) is 19.1 Å². The van der Waals surface area contributed by atoms with E-state index in [1.807, 2.05) is 38.1 Å². The maximum absolute atomic E-state index is 12.9. The maximum atomic E-state index is 12.9. The van der Waals surface area contributed by atoms with Gasteiger partial charge in [0.2, 0.25) is 0 Å². The molecule has 2 aromatic rings. The number of benzene rings is 2. The average Bonchev–Trinajstić information content (AvgIpc) is 2.74. The molecule has 1 aliphatic heterocycles. The van der Waals surface area contributed by atoms with E-state index in [0.29, 0.717) is 17.4 Å². The van der Waals surface area contributed by atoms with E-state index >= 15 is 0 Å². The van der Waals surface area contributed by atoms with Crippen LogP contribution in [-0.4, -0.2) is 25.1 Å². The number of ether oxygens (including phenoxy) is 1. The smallest absolute Gasteiger partial charge is 0.266 e. The third-order valence-electron chi connectivity index (χ3n) is 6.57. The van der Waals surface area contributed by atoms with Gasteiger partial charge in [0.25, 0.3) is 5.91 Å². The van der Waals surface area contributed by atoms with Crippen LogP contribution in [0.1, 0.15) is 62.3 Å². The Kier molecular flexibility index (Phi) is 6.64. The first kappa shape index (κ1) is 23.4. The summed E-state index contributed by atoms with van der Waals surface area (Å²) in [5, 5.41) is 12.6. The molecule has 0 saturated carbocycles. The van der Waals surface area contributed by atoms with Crippen LogP contribution >= 0.6 is 0 Å². The molecular weight excluding hydrogens is 398 g/mol. The van der Waals surface area contributed by atoms with Gasteiger partial charge >= 0.3 is 0 Å². The fraction of sp³-hybridized carbons (Fsp3) is 0.407. The standard InChI is InChI=1S/C27H33N3O2/c1-8-30-24-14-25(32-7)20(13-22(24)18(3)15-27(30,5)6)12-21(16-28)26(31)29-23-11-9-10-17(2)19(23)4/h9-14,18H,8,15H2,1-7H3,(H,29,31)/b21-12+. The molecule has 0 fully saturated rings. The van der Waals surface area contributed by atoms with Gasteiger partial charge in [-0.3, -0.25) is 4.79 Å². The lowest BCUT2D eigenvalue weighted by atomic mass is 9.79. The highest BCUT2D eigenvalue weighted by Gasteiger charge is 2.36. The molecule has 168 valence electrons. The molecule has 1 unspecified atom stereocenters. The van der Waals surface area contributed by atoms with Crippen molar-refractivity contribution in [3.63, 3.8) is 0 Å². The minimum absolute atomic E-state index is 0.0419. The SMILES string of the molecule is CCN1c2cc(OC)c(/C=C(\C#N)C(=O)Nc3cccc(C)c3C)cc2C(C)CC1(C)C. The zero-order valence-electron chi connectivity index (χ0n) is 20.2. The fourth-order valence-corrected chi connectivity index (χ4v) is 4.80. The van der Waals surface area contributed by atoms with Crippen LogP contribution in [0.4, 0.5) is 11.4 Å². The van der Waals surface area contributed by atoms with Crippen LogP contribution < -0.4 is 15.0 Å². The second-order valence-electron chi connectivity index (χ2n) is 9.19.